The maximum Gasteiger partial charge on any atom is 0.0715 e. The second kappa shape index (κ2) is 18.1. The van der Waals surface area contributed by atoms with Gasteiger partial charge in [-0.1, -0.05) is 200 Å². The fourth-order valence-corrected chi connectivity index (χ4v) is 8.46. The van der Waals surface area contributed by atoms with Crippen LogP contribution >= 0.6 is 0 Å². The molecule has 0 amide bonds. The van der Waals surface area contributed by atoms with Crippen molar-refractivity contribution in [3.05, 3.63) is 255 Å². The van der Waals surface area contributed by atoms with Crippen LogP contribution < -0.4 is 0 Å². The van der Waals surface area contributed by atoms with Gasteiger partial charge in [0.25, 0.3) is 0 Å². The molecule has 0 aliphatic rings. The van der Waals surface area contributed by atoms with Crippen molar-refractivity contribution >= 4 is 0 Å². The van der Waals surface area contributed by atoms with Crippen molar-refractivity contribution in [1.29, 1.82) is 0 Å². The van der Waals surface area contributed by atoms with Crippen LogP contribution in [0.2, 0.25) is 0 Å². The largest absolute Gasteiger partial charge is 0.248 e. The Hall–Kier alpha value is -8.86. The first-order valence-corrected chi connectivity index (χ1v) is 22.2. The van der Waals surface area contributed by atoms with Crippen molar-refractivity contribution < 1.29 is 0 Å². The van der Waals surface area contributed by atoms with E-state index in [1.54, 1.807) is 0 Å². The van der Waals surface area contributed by atoms with Crippen LogP contribution in [0.5, 0.6) is 0 Å². The van der Waals surface area contributed by atoms with Crippen LogP contribution in [-0.2, 0) is 0 Å². The van der Waals surface area contributed by atoms with E-state index in [4.69, 9.17) is 19.9 Å². The van der Waals surface area contributed by atoms with Crippen LogP contribution in [0, 0.1) is 0 Å². The van der Waals surface area contributed by atoms with Gasteiger partial charge in [0.2, 0.25) is 0 Å². The molecule has 66 heavy (non-hydrogen) atoms. The fourth-order valence-electron chi connectivity index (χ4n) is 8.46. The minimum Gasteiger partial charge on any atom is -0.248 e. The lowest BCUT2D eigenvalue weighted by molar-refractivity contribution is 1.30. The van der Waals surface area contributed by atoms with Gasteiger partial charge in [-0.3, -0.25) is 0 Å². The quantitative estimate of drug-likeness (QED) is 0.138. The molecule has 0 bridgehead atoms. The minimum absolute atomic E-state index is 0.862. The van der Waals surface area contributed by atoms with Gasteiger partial charge in [-0.05, 0) is 76.9 Å². The third kappa shape index (κ3) is 8.59. The van der Waals surface area contributed by atoms with Crippen LogP contribution in [-0.4, -0.2) is 19.9 Å². The minimum atomic E-state index is 0.862. The second-order valence-corrected chi connectivity index (χ2v) is 16.3. The fraction of sp³-hybridized carbons (Fsp3) is 0. The molecule has 310 valence electrons. The molecule has 4 aromatic heterocycles. The number of hydrogen-bond donors (Lipinski definition) is 0. The van der Waals surface area contributed by atoms with Gasteiger partial charge in [-0.15, -0.1) is 0 Å². The third-order valence-corrected chi connectivity index (χ3v) is 11.8. The van der Waals surface area contributed by atoms with E-state index in [0.29, 0.717) is 0 Å². The Balaban J connectivity index is 1.07. The van der Waals surface area contributed by atoms with Crippen LogP contribution in [0.1, 0.15) is 0 Å². The zero-order valence-corrected chi connectivity index (χ0v) is 36.0. The molecule has 0 fully saturated rings. The molecule has 0 saturated carbocycles. The summed E-state index contributed by atoms with van der Waals surface area (Å²) in [7, 11) is 0. The molecule has 0 N–H and O–H groups in total. The van der Waals surface area contributed by atoms with E-state index in [0.717, 1.165) is 112 Å². The number of aromatic nitrogens is 4. The van der Waals surface area contributed by atoms with Gasteiger partial charge in [0.15, 0.2) is 0 Å². The zero-order chi connectivity index (χ0) is 44.1. The van der Waals surface area contributed by atoms with Crippen LogP contribution in [0.3, 0.4) is 0 Å². The van der Waals surface area contributed by atoms with Crippen molar-refractivity contribution in [1.82, 2.24) is 19.9 Å². The molecule has 0 atom stereocenters. The van der Waals surface area contributed by atoms with Gasteiger partial charge in [0.1, 0.15) is 0 Å². The van der Waals surface area contributed by atoms with Gasteiger partial charge in [0.05, 0.1) is 45.6 Å². The molecule has 4 heterocycles. The van der Waals surface area contributed by atoms with Crippen molar-refractivity contribution in [2.45, 2.75) is 0 Å². The summed E-state index contributed by atoms with van der Waals surface area (Å²) in [4.78, 5) is 21.1. The van der Waals surface area contributed by atoms with Crippen molar-refractivity contribution in [3.8, 4) is 112 Å². The molecule has 7 aromatic carbocycles. The summed E-state index contributed by atoms with van der Waals surface area (Å²) in [5.41, 5.74) is 19.7. The van der Waals surface area contributed by atoms with Gasteiger partial charge in [-0.25, -0.2) is 19.9 Å². The van der Waals surface area contributed by atoms with Crippen LogP contribution in [0.4, 0.5) is 0 Å². The second-order valence-electron chi connectivity index (χ2n) is 16.3. The molecule has 11 rings (SSSR count). The summed E-state index contributed by atoms with van der Waals surface area (Å²) in [5.74, 6) is 0. The summed E-state index contributed by atoms with van der Waals surface area (Å²) < 4.78 is 0. The maximum absolute atomic E-state index is 5.36. The predicted molar refractivity (Wildman–Crippen MR) is 272 cm³/mol. The lowest BCUT2D eigenvalue weighted by atomic mass is 9.95. The Morgan fingerprint density at radius 2 is 0.303 bits per heavy atom. The van der Waals surface area contributed by atoms with E-state index in [-0.39, 0.29) is 0 Å². The summed E-state index contributed by atoms with van der Waals surface area (Å²) in [6, 6.07) is 88.6. The Morgan fingerprint density at radius 1 is 0.136 bits per heavy atom. The Morgan fingerprint density at radius 3 is 0.500 bits per heavy atom. The van der Waals surface area contributed by atoms with E-state index >= 15 is 0 Å². The molecule has 0 radical (unpaired) electrons. The number of nitrogens with zero attached hydrogens (tertiary/aromatic N) is 4. The van der Waals surface area contributed by atoms with Crippen molar-refractivity contribution in [2.75, 3.05) is 0 Å². The molecule has 11 aromatic rings. The van der Waals surface area contributed by atoms with Crippen molar-refractivity contribution in [2.24, 2.45) is 0 Å². The smallest absolute Gasteiger partial charge is 0.0715 e. The van der Waals surface area contributed by atoms with Gasteiger partial charge in [-0.2, -0.15) is 0 Å². The lowest BCUT2D eigenvalue weighted by Gasteiger charge is -2.15. The summed E-state index contributed by atoms with van der Waals surface area (Å²) >= 11 is 0. The molecule has 4 heteroatoms. The maximum atomic E-state index is 5.36. The summed E-state index contributed by atoms with van der Waals surface area (Å²) in [6.07, 6.45) is 0. The van der Waals surface area contributed by atoms with E-state index in [2.05, 4.69) is 218 Å². The van der Waals surface area contributed by atoms with Gasteiger partial charge < -0.3 is 0 Å². The van der Waals surface area contributed by atoms with Crippen LogP contribution in [0.25, 0.3) is 112 Å². The molecule has 4 nitrogen and oxygen atoms in total. The monoisotopic (exact) mass is 842 g/mol. The van der Waals surface area contributed by atoms with E-state index < -0.39 is 0 Å². The van der Waals surface area contributed by atoms with E-state index in [9.17, 15) is 0 Å². The lowest BCUT2D eigenvalue weighted by Crippen LogP contribution is -1.95. The van der Waals surface area contributed by atoms with E-state index in [1.165, 1.54) is 0 Å². The van der Waals surface area contributed by atoms with Crippen LogP contribution in [0.15, 0.2) is 255 Å². The molecular formula is C62H42N4. The molecular weight excluding hydrogens is 801 g/mol. The first-order chi connectivity index (χ1) is 32.7. The Labute approximate surface area is 385 Å². The molecule has 0 aliphatic carbocycles. The predicted octanol–water partition coefficient (Wildman–Crippen LogP) is 15.9. The van der Waals surface area contributed by atoms with E-state index in [1.807, 2.05) is 36.4 Å². The summed E-state index contributed by atoms with van der Waals surface area (Å²) in [6.45, 7) is 0. The molecule has 0 aliphatic heterocycles. The molecule has 0 spiro atoms. The average molecular weight is 843 g/mol. The first-order valence-electron chi connectivity index (χ1n) is 22.2. The van der Waals surface area contributed by atoms with Gasteiger partial charge >= 0.3 is 0 Å². The topological polar surface area (TPSA) is 51.6 Å². The SMILES string of the molecule is c1ccc(-c2cc(-c3cc(-c4ccccc4)nc(-c4cccc(-c5cc(-c6cc(-c7ccccc7)nc(-c7ccccc7)c6)cc(-c6ccccc6)n5)c4)c3)cc(-c3ccccc3)n2)cc1. The molecule has 0 unspecified atom stereocenters. The van der Waals surface area contributed by atoms with Crippen molar-refractivity contribution in [3.63, 3.8) is 0 Å². The zero-order valence-electron chi connectivity index (χ0n) is 36.0. The number of rotatable bonds is 10. The number of hydrogen-bond acceptors (Lipinski definition) is 4. The highest BCUT2D eigenvalue weighted by Crippen LogP contribution is 2.38. The normalized spacial score (nSPS) is 11.0. The standard InChI is InChI=1S/C62H42N4/c1-7-20-43(21-8-1)55-35-51(36-56(63-55)44-22-9-2-10-23-44)53-39-59(47-28-15-5-16-29-47)65-61(41-53)49-32-19-33-50(34-49)62-42-54(40-60(66-62)48-30-17-6-18-31-48)52-37-57(45-24-11-3-12-25-45)64-58(38-52)46-26-13-4-14-27-46/h1-42H. The average Bonchev–Trinajstić information content (AvgIpc) is 3.42. The number of pyridine rings is 4. The first kappa shape index (κ1) is 40.0. The summed E-state index contributed by atoms with van der Waals surface area (Å²) in [5, 5.41) is 0. The Kier molecular flexibility index (Phi) is 10.9. The highest BCUT2D eigenvalue weighted by molar-refractivity contribution is 5.85. The molecule has 0 saturated heterocycles. The van der Waals surface area contributed by atoms with Gasteiger partial charge in [0, 0.05) is 44.5 Å². The highest BCUT2D eigenvalue weighted by atomic mass is 14.7. The third-order valence-electron chi connectivity index (χ3n) is 11.8. The number of benzene rings is 7. The Bertz CT molecular complexity index is 3090. The highest BCUT2D eigenvalue weighted by Gasteiger charge is 2.16.